The lowest BCUT2D eigenvalue weighted by atomic mass is 9.83. The first-order chi connectivity index (χ1) is 14.2. The normalized spacial score (nSPS) is 17.5. The largest absolute Gasteiger partial charge is 0.487 e. The highest BCUT2D eigenvalue weighted by atomic mass is 32.2. The highest BCUT2D eigenvalue weighted by Gasteiger charge is 2.39. The van der Waals surface area contributed by atoms with Crippen molar-refractivity contribution in [2.24, 2.45) is 0 Å². The Morgan fingerprint density at radius 3 is 2.33 bits per heavy atom. The number of rotatable bonds is 7. The molecule has 0 aliphatic carbocycles. The number of sulfonamides is 1. The van der Waals surface area contributed by atoms with E-state index in [2.05, 4.69) is 19.2 Å². The fourth-order valence-corrected chi connectivity index (χ4v) is 4.68. The molecule has 30 heavy (non-hydrogen) atoms. The lowest BCUT2D eigenvalue weighted by molar-refractivity contribution is 0.0227. The van der Waals surface area contributed by atoms with Crippen LogP contribution in [0.3, 0.4) is 0 Å². The monoisotopic (exact) mass is 430 g/mol. The van der Waals surface area contributed by atoms with Crippen molar-refractivity contribution in [3.8, 4) is 5.75 Å². The zero-order chi connectivity index (χ0) is 21.9. The summed E-state index contributed by atoms with van der Waals surface area (Å²) < 4.78 is 31.6. The van der Waals surface area contributed by atoms with Gasteiger partial charge in [-0.25, -0.2) is 8.42 Å². The van der Waals surface area contributed by atoms with Gasteiger partial charge in [0.2, 0.25) is 10.0 Å². The molecular formula is C23H30N2O4S. The highest BCUT2D eigenvalue weighted by Crippen LogP contribution is 2.42. The molecule has 0 bridgehead atoms. The summed E-state index contributed by atoms with van der Waals surface area (Å²) in [6, 6.07) is 14.3. The summed E-state index contributed by atoms with van der Waals surface area (Å²) in [6.07, 6.45) is 2.42. The molecule has 1 N–H and O–H groups in total. The summed E-state index contributed by atoms with van der Waals surface area (Å²) in [5.41, 5.74) is 1.70. The number of carbonyl (C=O) groups excluding carboxylic acids is 1. The van der Waals surface area contributed by atoms with Crippen molar-refractivity contribution in [3.63, 3.8) is 0 Å². The van der Waals surface area contributed by atoms with Crippen LogP contribution in [-0.4, -0.2) is 32.7 Å². The van der Waals surface area contributed by atoms with Crippen LogP contribution in [0.1, 0.15) is 62.0 Å². The molecule has 0 radical (unpaired) electrons. The first-order valence-electron chi connectivity index (χ1n) is 10.4. The van der Waals surface area contributed by atoms with Gasteiger partial charge in [-0.1, -0.05) is 32.0 Å². The molecule has 1 aliphatic rings. The van der Waals surface area contributed by atoms with E-state index >= 15 is 0 Å². The number of nitrogens with zero attached hydrogens (tertiary/aromatic N) is 1. The zero-order valence-electron chi connectivity index (χ0n) is 18.0. The Balaban J connectivity index is 1.81. The maximum atomic E-state index is 13.0. The second-order valence-corrected chi connectivity index (χ2v) is 9.96. The third-order valence-corrected chi connectivity index (χ3v) is 7.84. The topological polar surface area (TPSA) is 75.7 Å². The van der Waals surface area contributed by atoms with Gasteiger partial charge in [0.25, 0.3) is 5.91 Å². The standard InChI is InChI=1S/C23H30N2O4S/c1-5-23(6-2)16-20(19-10-8-9-11-21(19)29-23)24-22(26)17-12-14-18(15-13-17)25(4)30(27,28)7-3/h8-15,20H,5-7,16H2,1-4H3,(H,24,26)/t20-/m0/s1. The van der Waals surface area contributed by atoms with Gasteiger partial charge in [0.05, 0.1) is 17.5 Å². The van der Waals surface area contributed by atoms with Crippen molar-refractivity contribution in [2.75, 3.05) is 17.1 Å². The Morgan fingerprint density at radius 1 is 1.10 bits per heavy atom. The minimum Gasteiger partial charge on any atom is -0.487 e. The predicted molar refractivity (Wildman–Crippen MR) is 120 cm³/mol. The third kappa shape index (κ3) is 4.31. The van der Waals surface area contributed by atoms with Gasteiger partial charge in [-0.2, -0.15) is 0 Å². The summed E-state index contributed by atoms with van der Waals surface area (Å²) in [5, 5.41) is 3.15. The summed E-state index contributed by atoms with van der Waals surface area (Å²) in [4.78, 5) is 13.0. The molecule has 162 valence electrons. The van der Waals surface area contributed by atoms with Crippen LogP contribution in [0.2, 0.25) is 0 Å². The van der Waals surface area contributed by atoms with Crippen LogP contribution >= 0.6 is 0 Å². The number of ether oxygens (including phenoxy) is 1. The molecule has 2 aromatic rings. The van der Waals surface area contributed by atoms with E-state index in [0.29, 0.717) is 17.7 Å². The van der Waals surface area contributed by atoms with Gasteiger partial charge < -0.3 is 10.1 Å². The minimum atomic E-state index is -3.34. The van der Waals surface area contributed by atoms with Crippen molar-refractivity contribution < 1.29 is 17.9 Å². The predicted octanol–water partition coefficient (Wildman–Crippen LogP) is 4.28. The molecule has 3 rings (SSSR count). The molecule has 0 unspecified atom stereocenters. The molecule has 0 fully saturated rings. The van der Waals surface area contributed by atoms with E-state index in [1.54, 1.807) is 31.2 Å². The number of anilines is 1. The van der Waals surface area contributed by atoms with Gasteiger partial charge >= 0.3 is 0 Å². The van der Waals surface area contributed by atoms with Gasteiger partial charge in [-0.3, -0.25) is 9.10 Å². The fraction of sp³-hybridized carbons (Fsp3) is 0.435. The van der Waals surface area contributed by atoms with Gasteiger partial charge in [0.15, 0.2) is 0 Å². The van der Waals surface area contributed by atoms with Crippen molar-refractivity contribution in [2.45, 2.75) is 51.7 Å². The number of benzene rings is 2. The van der Waals surface area contributed by atoms with Gasteiger partial charge in [-0.05, 0) is 50.1 Å². The van der Waals surface area contributed by atoms with Crippen LogP contribution in [0.5, 0.6) is 5.75 Å². The summed E-state index contributed by atoms with van der Waals surface area (Å²) in [5.74, 6) is 0.649. The Kier molecular flexibility index (Phi) is 6.41. The Bertz CT molecular complexity index is 998. The molecule has 7 heteroatoms. The molecule has 6 nitrogen and oxygen atoms in total. The van der Waals surface area contributed by atoms with E-state index in [-0.39, 0.29) is 23.3 Å². The van der Waals surface area contributed by atoms with Crippen molar-refractivity contribution in [3.05, 3.63) is 59.7 Å². The molecular weight excluding hydrogens is 400 g/mol. The van der Waals surface area contributed by atoms with E-state index in [9.17, 15) is 13.2 Å². The number of fused-ring (bicyclic) bond motifs is 1. The van der Waals surface area contributed by atoms with Crippen LogP contribution in [0.25, 0.3) is 0 Å². The average Bonchev–Trinajstić information content (AvgIpc) is 2.78. The lowest BCUT2D eigenvalue weighted by Gasteiger charge is -2.41. The smallest absolute Gasteiger partial charge is 0.251 e. The minimum absolute atomic E-state index is 0.0193. The number of nitrogens with one attached hydrogen (secondary N) is 1. The molecule has 0 aromatic heterocycles. The van der Waals surface area contributed by atoms with Gasteiger partial charge in [0.1, 0.15) is 11.4 Å². The number of para-hydroxylation sites is 1. The van der Waals surface area contributed by atoms with Crippen LogP contribution in [0, 0.1) is 0 Å². The van der Waals surface area contributed by atoms with Crippen LogP contribution in [-0.2, 0) is 10.0 Å². The molecule has 1 atom stereocenters. The van der Waals surface area contributed by atoms with E-state index in [1.807, 2.05) is 24.3 Å². The fourth-order valence-electron chi connectivity index (χ4n) is 3.85. The van der Waals surface area contributed by atoms with Crippen LogP contribution in [0.4, 0.5) is 5.69 Å². The highest BCUT2D eigenvalue weighted by molar-refractivity contribution is 7.92. The summed E-state index contributed by atoms with van der Waals surface area (Å²) in [7, 11) is -1.82. The quantitative estimate of drug-likeness (QED) is 0.711. The first-order valence-corrected chi connectivity index (χ1v) is 12.0. The maximum absolute atomic E-state index is 13.0. The molecule has 2 aromatic carbocycles. The molecule has 0 saturated heterocycles. The Labute approximate surface area is 179 Å². The van der Waals surface area contributed by atoms with Crippen molar-refractivity contribution in [1.29, 1.82) is 0 Å². The average molecular weight is 431 g/mol. The van der Waals surface area contributed by atoms with E-state index < -0.39 is 10.0 Å². The summed E-state index contributed by atoms with van der Waals surface area (Å²) in [6.45, 7) is 5.82. The molecule has 0 spiro atoms. The number of carbonyl (C=O) groups is 1. The second-order valence-electron chi connectivity index (χ2n) is 7.68. The van der Waals surface area contributed by atoms with Crippen molar-refractivity contribution >= 4 is 21.6 Å². The number of amides is 1. The third-order valence-electron chi connectivity index (χ3n) is 6.07. The van der Waals surface area contributed by atoms with Gasteiger partial charge in [0, 0.05) is 24.6 Å². The van der Waals surface area contributed by atoms with Crippen LogP contribution < -0.4 is 14.4 Å². The Hall–Kier alpha value is -2.54. The SMILES string of the molecule is CCC1(CC)C[C@H](NC(=O)c2ccc(N(C)S(=O)(=O)CC)cc2)c2ccccc2O1. The van der Waals surface area contributed by atoms with Gasteiger partial charge in [-0.15, -0.1) is 0 Å². The van der Waals surface area contributed by atoms with E-state index in [4.69, 9.17) is 4.74 Å². The molecule has 1 aliphatic heterocycles. The second kappa shape index (κ2) is 8.68. The number of hydrogen-bond donors (Lipinski definition) is 1. The number of hydrogen-bond acceptors (Lipinski definition) is 4. The maximum Gasteiger partial charge on any atom is 0.251 e. The van der Waals surface area contributed by atoms with E-state index in [1.165, 1.54) is 11.4 Å². The van der Waals surface area contributed by atoms with Crippen molar-refractivity contribution in [1.82, 2.24) is 5.32 Å². The molecule has 1 amide bonds. The summed E-state index contributed by atoms with van der Waals surface area (Å²) >= 11 is 0. The van der Waals surface area contributed by atoms with Crippen LogP contribution in [0.15, 0.2) is 48.5 Å². The van der Waals surface area contributed by atoms with E-state index in [0.717, 1.165) is 24.2 Å². The molecule has 0 saturated carbocycles. The Morgan fingerprint density at radius 2 is 1.73 bits per heavy atom. The zero-order valence-corrected chi connectivity index (χ0v) is 18.8. The lowest BCUT2D eigenvalue weighted by Crippen LogP contribution is -2.44. The first kappa shape index (κ1) is 22.2. The molecule has 1 heterocycles.